The van der Waals surface area contributed by atoms with Gasteiger partial charge in [-0.15, -0.1) is 0 Å². The van der Waals surface area contributed by atoms with Crippen LogP contribution in [0, 0.1) is 0 Å². The van der Waals surface area contributed by atoms with E-state index in [-0.39, 0.29) is 24.5 Å². The van der Waals surface area contributed by atoms with Gasteiger partial charge in [0.25, 0.3) is 0 Å². The molecule has 4 rings (SSSR count). The van der Waals surface area contributed by atoms with Crippen LogP contribution in [0.4, 0.5) is 0 Å². The maximum atomic E-state index is 12.8. The number of benzene rings is 1. The SMILES string of the molecule is CCC1=C(C(=O)OC)[C@@H](c2ccccc2)N2C(CC(=O)NC[C@H]3CCCO3)=CSC2=N1. The molecule has 2 atom stereocenters. The first-order valence-electron chi connectivity index (χ1n) is 10.6. The maximum absolute atomic E-state index is 12.8. The van der Waals surface area contributed by atoms with Crippen LogP contribution in [0.5, 0.6) is 0 Å². The summed E-state index contributed by atoms with van der Waals surface area (Å²) in [4.78, 5) is 32.2. The average molecular weight is 442 g/mol. The highest BCUT2D eigenvalue weighted by atomic mass is 32.2. The molecule has 3 heterocycles. The van der Waals surface area contributed by atoms with Crippen molar-refractivity contribution in [2.45, 2.75) is 44.8 Å². The summed E-state index contributed by atoms with van der Waals surface area (Å²) in [7, 11) is 1.39. The van der Waals surface area contributed by atoms with E-state index in [4.69, 9.17) is 14.5 Å². The highest BCUT2D eigenvalue weighted by molar-refractivity contribution is 8.16. The van der Waals surface area contributed by atoms with E-state index in [1.165, 1.54) is 18.9 Å². The lowest BCUT2D eigenvalue weighted by Crippen LogP contribution is -2.38. The van der Waals surface area contributed by atoms with Crippen molar-refractivity contribution in [1.82, 2.24) is 10.2 Å². The standard InChI is InChI=1S/C23H27N3O4S/c1-3-18-20(22(28)29-2)21(15-8-5-4-6-9-15)26-16(14-31-23(26)25-18)12-19(27)24-13-17-10-7-11-30-17/h4-6,8-9,14,17,21H,3,7,10-13H2,1-2H3,(H,24,27)/t17-,21-/m1/s1. The molecule has 0 bridgehead atoms. The quantitative estimate of drug-likeness (QED) is 0.653. The molecular weight excluding hydrogens is 414 g/mol. The van der Waals surface area contributed by atoms with E-state index < -0.39 is 5.97 Å². The number of carbonyl (C=O) groups excluding carboxylic acids is 2. The normalized spacial score (nSPS) is 22.7. The van der Waals surface area contributed by atoms with Crippen molar-refractivity contribution in [2.24, 2.45) is 4.99 Å². The molecule has 31 heavy (non-hydrogen) atoms. The van der Waals surface area contributed by atoms with Gasteiger partial charge in [0.2, 0.25) is 5.91 Å². The number of aliphatic imine (C=N–C) groups is 1. The number of hydrogen-bond acceptors (Lipinski definition) is 7. The van der Waals surface area contributed by atoms with Gasteiger partial charge in [-0.2, -0.15) is 0 Å². The fraction of sp³-hybridized carbons (Fsp3) is 0.435. The lowest BCUT2D eigenvalue weighted by atomic mass is 9.93. The number of thioether (sulfide) groups is 1. The molecule has 0 radical (unpaired) electrons. The van der Waals surface area contributed by atoms with Crippen molar-refractivity contribution < 1.29 is 19.1 Å². The highest BCUT2D eigenvalue weighted by Gasteiger charge is 2.41. The van der Waals surface area contributed by atoms with Gasteiger partial charge in [0.05, 0.1) is 36.9 Å². The molecule has 7 nitrogen and oxygen atoms in total. The minimum absolute atomic E-state index is 0.0692. The Morgan fingerprint density at radius 2 is 2.13 bits per heavy atom. The topological polar surface area (TPSA) is 80.2 Å². The number of allylic oxidation sites excluding steroid dienone is 1. The Morgan fingerprint density at radius 1 is 1.32 bits per heavy atom. The van der Waals surface area contributed by atoms with E-state index in [2.05, 4.69) is 5.32 Å². The number of amides is 1. The van der Waals surface area contributed by atoms with Crippen molar-refractivity contribution in [1.29, 1.82) is 0 Å². The fourth-order valence-corrected chi connectivity index (χ4v) is 5.06. The number of nitrogens with one attached hydrogen (secondary N) is 1. The molecule has 164 valence electrons. The van der Waals surface area contributed by atoms with E-state index >= 15 is 0 Å². The predicted octanol–water partition coefficient (Wildman–Crippen LogP) is 3.51. The number of carbonyl (C=O) groups is 2. The molecular formula is C23H27N3O4S. The molecule has 8 heteroatoms. The molecule has 3 aliphatic heterocycles. The van der Waals surface area contributed by atoms with Gasteiger partial charge in [-0.05, 0) is 30.2 Å². The average Bonchev–Trinajstić information content (AvgIpc) is 3.46. The van der Waals surface area contributed by atoms with Crippen molar-refractivity contribution in [2.75, 3.05) is 20.3 Å². The van der Waals surface area contributed by atoms with Gasteiger partial charge >= 0.3 is 5.97 Å². The zero-order valence-corrected chi connectivity index (χ0v) is 18.6. The molecule has 1 aromatic rings. The zero-order chi connectivity index (χ0) is 21.8. The molecule has 3 aliphatic rings. The number of fused-ring (bicyclic) bond motifs is 1. The first-order valence-corrected chi connectivity index (χ1v) is 11.5. The Labute approximate surface area is 186 Å². The van der Waals surface area contributed by atoms with Crippen LogP contribution in [0.25, 0.3) is 0 Å². The van der Waals surface area contributed by atoms with E-state index in [0.29, 0.717) is 18.5 Å². The number of ether oxygens (including phenoxy) is 2. The van der Waals surface area contributed by atoms with Crippen molar-refractivity contribution in [3.63, 3.8) is 0 Å². The number of methoxy groups -OCH3 is 1. The second-order valence-electron chi connectivity index (χ2n) is 7.63. The third-order valence-corrected chi connectivity index (χ3v) is 6.53. The van der Waals surface area contributed by atoms with Crippen LogP contribution < -0.4 is 5.32 Å². The van der Waals surface area contributed by atoms with Crippen LogP contribution in [0.2, 0.25) is 0 Å². The summed E-state index contributed by atoms with van der Waals surface area (Å²) in [5, 5.41) is 5.71. The van der Waals surface area contributed by atoms with E-state index in [0.717, 1.165) is 41.6 Å². The fourth-order valence-electron chi connectivity index (χ4n) is 4.12. The molecule has 0 saturated carbocycles. The van der Waals surface area contributed by atoms with Crippen molar-refractivity contribution in [3.05, 3.63) is 58.3 Å². The molecule has 0 aliphatic carbocycles. The molecule has 1 saturated heterocycles. The highest BCUT2D eigenvalue weighted by Crippen LogP contribution is 2.45. The van der Waals surface area contributed by atoms with Gasteiger partial charge in [0.15, 0.2) is 5.17 Å². The molecule has 1 aromatic carbocycles. The number of esters is 1. The Morgan fingerprint density at radius 3 is 2.81 bits per heavy atom. The smallest absolute Gasteiger partial charge is 0.338 e. The number of amidine groups is 1. The Hall–Kier alpha value is -2.58. The van der Waals surface area contributed by atoms with Crippen LogP contribution in [0.3, 0.4) is 0 Å². The minimum atomic E-state index is -0.396. The third-order valence-electron chi connectivity index (χ3n) is 5.64. The second kappa shape index (κ2) is 9.70. The third kappa shape index (κ3) is 4.55. The van der Waals surface area contributed by atoms with Crippen molar-refractivity contribution >= 4 is 28.8 Å². The largest absolute Gasteiger partial charge is 0.466 e. The summed E-state index contributed by atoms with van der Waals surface area (Å²) in [5.74, 6) is -0.465. The van der Waals surface area contributed by atoms with E-state index in [1.807, 2.05) is 47.6 Å². The Balaban J connectivity index is 1.60. The van der Waals surface area contributed by atoms with Gasteiger partial charge in [0.1, 0.15) is 0 Å². The molecule has 1 amide bonds. The summed E-state index contributed by atoms with van der Waals surface area (Å²) in [6.07, 6.45) is 2.93. The van der Waals surface area contributed by atoms with E-state index in [1.54, 1.807) is 0 Å². The number of rotatable bonds is 7. The van der Waals surface area contributed by atoms with Crippen LogP contribution in [-0.2, 0) is 19.1 Å². The molecule has 1 fully saturated rings. The van der Waals surface area contributed by atoms with Crippen LogP contribution in [0.15, 0.2) is 57.7 Å². The van der Waals surface area contributed by atoms with Crippen molar-refractivity contribution in [3.8, 4) is 0 Å². The van der Waals surface area contributed by atoms with E-state index in [9.17, 15) is 9.59 Å². The van der Waals surface area contributed by atoms with Gasteiger partial charge in [-0.25, -0.2) is 9.79 Å². The molecule has 0 unspecified atom stereocenters. The molecule has 0 aromatic heterocycles. The first kappa shape index (κ1) is 21.6. The zero-order valence-electron chi connectivity index (χ0n) is 17.8. The van der Waals surface area contributed by atoms with Crippen LogP contribution >= 0.6 is 11.8 Å². The Kier molecular flexibility index (Phi) is 6.77. The second-order valence-corrected chi connectivity index (χ2v) is 8.46. The monoisotopic (exact) mass is 441 g/mol. The maximum Gasteiger partial charge on any atom is 0.338 e. The van der Waals surface area contributed by atoms with Gasteiger partial charge in [0, 0.05) is 18.8 Å². The van der Waals surface area contributed by atoms with Gasteiger partial charge < -0.3 is 19.7 Å². The summed E-state index contributed by atoms with van der Waals surface area (Å²) in [6.45, 7) is 3.26. The van der Waals surface area contributed by atoms with Gasteiger partial charge in [-0.1, -0.05) is 49.0 Å². The summed E-state index contributed by atoms with van der Waals surface area (Å²) >= 11 is 1.48. The lowest BCUT2D eigenvalue weighted by Gasteiger charge is -2.36. The number of hydrogen-bond donors (Lipinski definition) is 1. The van der Waals surface area contributed by atoms with Crippen LogP contribution in [0.1, 0.15) is 44.2 Å². The summed E-state index contributed by atoms with van der Waals surface area (Å²) in [6, 6.07) is 9.43. The van der Waals surface area contributed by atoms with Crippen LogP contribution in [-0.4, -0.2) is 48.3 Å². The first-order chi connectivity index (χ1) is 15.1. The number of nitrogens with zero attached hydrogens (tertiary/aromatic N) is 2. The predicted molar refractivity (Wildman–Crippen MR) is 120 cm³/mol. The summed E-state index contributed by atoms with van der Waals surface area (Å²) < 4.78 is 10.7. The molecule has 0 spiro atoms. The lowest BCUT2D eigenvalue weighted by molar-refractivity contribution is -0.136. The minimum Gasteiger partial charge on any atom is -0.466 e. The van der Waals surface area contributed by atoms with Gasteiger partial charge in [-0.3, -0.25) is 4.79 Å². The Bertz CT molecular complexity index is 935. The molecule has 1 N–H and O–H groups in total. The summed E-state index contributed by atoms with van der Waals surface area (Å²) in [5.41, 5.74) is 3.01.